The van der Waals surface area contributed by atoms with Crippen molar-refractivity contribution in [3.63, 3.8) is 0 Å². The van der Waals surface area contributed by atoms with Crippen molar-refractivity contribution in [1.29, 1.82) is 0 Å². The van der Waals surface area contributed by atoms with Crippen molar-refractivity contribution in [2.75, 3.05) is 7.11 Å². The van der Waals surface area contributed by atoms with E-state index in [1.807, 2.05) is 34.6 Å². The first-order valence-corrected chi connectivity index (χ1v) is 4.38. The third kappa shape index (κ3) is 2.31. The molecule has 2 nitrogen and oxygen atoms in total. The lowest BCUT2D eigenvalue weighted by molar-refractivity contribution is -0.147. The van der Waals surface area contributed by atoms with Gasteiger partial charge in [0.1, 0.15) is 5.60 Å². The van der Waals surface area contributed by atoms with Gasteiger partial charge in [0.05, 0.1) is 0 Å². The lowest BCUT2D eigenvalue weighted by Gasteiger charge is -2.31. The average Bonchev–Trinajstić information content (AvgIpc) is 2.00. The fraction of sp³-hybridized carbons (Fsp3) is 0.900. The second kappa shape index (κ2) is 3.56. The molecule has 0 aromatic rings. The lowest BCUT2D eigenvalue weighted by atomic mass is 9.80. The largest absolute Gasteiger partial charge is 0.371 e. The first-order valence-electron chi connectivity index (χ1n) is 4.38. The van der Waals surface area contributed by atoms with Crippen LogP contribution in [-0.2, 0) is 9.53 Å². The molecule has 0 heterocycles. The van der Waals surface area contributed by atoms with Crippen LogP contribution in [-0.4, -0.2) is 18.5 Å². The first kappa shape index (κ1) is 11.6. The van der Waals surface area contributed by atoms with Crippen molar-refractivity contribution >= 4 is 5.78 Å². The highest BCUT2D eigenvalue weighted by atomic mass is 16.5. The number of carbonyl (C=O) groups is 1. The number of ketones is 1. The van der Waals surface area contributed by atoms with E-state index in [4.69, 9.17) is 4.74 Å². The van der Waals surface area contributed by atoms with Gasteiger partial charge in [-0.1, -0.05) is 27.7 Å². The molecule has 12 heavy (non-hydrogen) atoms. The van der Waals surface area contributed by atoms with Crippen molar-refractivity contribution in [2.24, 2.45) is 5.41 Å². The second-order valence-corrected chi connectivity index (χ2v) is 4.37. The molecule has 0 saturated heterocycles. The first-order chi connectivity index (χ1) is 5.28. The smallest absolute Gasteiger partial charge is 0.169 e. The van der Waals surface area contributed by atoms with Crippen molar-refractivity contribution in [2.45, 2.75) is 46.6 Å². The van der Waals surface area contributed by atoms with Gasteiger partial charge in [-0.15, -0.1) is 0 Å². The Hall–Kier alpha value is -0.370. The molecule has 0 spiro atoms. The summed E-state index contributed by atoms with van der Waals surface area (Å²) in [4.78, 5) is 11.8. The van der Waals surface area contributed by atoms with Crippen molar-refractivity contribution in [3.05, 3.63) is 0 Å². The standard InChI is InChI=1S/C10H20O2/c1-7-10(5,12-6)8(11)9(2,3)4/h7H2,1-6H3. The van der Waals surface area contributed by atoms with E-state index in [1.54, 1.807) is 7.11 Å². The number of rotatable bonds is 3. The number of hydrogen-bond acceptors (Lipinski definition) is 2. The fourth-order valence-corrected chi connectivity index (χ4v) is 1.19. The summed E-state index contributed by atoms with van der Waals surface area (Å²) in [6.45, 7) is 9.57. The zero-order valence-electron chi connectivity index (χ0n) is 9.02. The third-order valence-electron chi connectivity index (χ3n) is 2.29. The summed E-state index contributed by atoms with van der Waals surface area (Å²) in [6.07, 6.45) is 0.722. The summed E-state index contributed by atoms with van der Waals surface area (Å²) in [7, 11) is 1.59. The van der Waals surface area contributed by atoms with Crippen LogP contribution in [0.4, 0.5) is 0 Å². The summed E-state index contributed by atoms with van der Waals surface area (Å²) in [5.41, 5.74) is -0.932. The molecular formula is C10H20O2. The molecule has 0 radical (unpaired) electrons. The van der Waals surface area contributed by atoms with Gasteiger partial charge in [-0.05, 0) is 13.3 Å². The Morgan fingerprint density at radius 2 is 1.67 bits per heavy atom. The van der Waals surface area contributed by atoms with E-state index in [2.05, 4.69) is 0 Å². The molecule has 0 fully saturated rings. The minimum atomic E-state index is -0.613. The minimum Gasteiger partial charge on any atom is -0.371 e. The molecule has 0 bridgehead atoms. The van der Waals surface area contributed by atoms with Crippen LogP contribution in [0.5, 0.6) is 0 Å². The van der Waals surface area contributed by atoms with Crippen molar-refractivity contribution in [1.82, 2.24) is 0 Å². The Morgan fingerprint density at radius 3 is 1.75 bits per heavy atom. The molecule has 2 heteroatoms. The molecule has 1 unspecified atom stereocenters. The van der Waals surface area contributed by atoms with Crippen molar-refractivity contribution < 1.29 is 9.53 Å². The molecule has 72 valence electrons. The predicted octanol–water partition coefficient (Wildman–Crippen LogP) is 2.42. The quantitative estimate of drug-likeness (QED) is 0.653. The lowest BCUT2D eigenvalue weighted by Crippen LogP contribution is -2.43. The summed E-state index contributed by atoms with van der Waals surface area (Å²) < 4.78 is 5.23. The van der Waals surface area contributed by atoms with Gasteiger partial charge in [0.15, 0.2) is 5.78 Å². The maximum atomic E-state index is 11.8. The molecule has 1 atom stereocenters. The van der Waals surface area contributed by atoms with Crippen LogP contribution < -0.4 is 0 Å². The zero-order valence-corrected chi connectivity index (χ0v) is 9.02. The monoisotopic (exact) mass is 172 g/mol. The zero-order chi connectivity index (χ0) is 9.99. The van der Waals surface area contributed by atoms with Gasteiger partial charge in [0.2, 0.25) is 0 Å². The highest BCUT2D eigenvalue weighted by Crippen LogP contribution is 2.27. The molecule has 0 rings (SSSR count). The van der Waals surface area contributed by atoms with Crippen LogP contribution in [0.2, 0.25) is 0 Å². The summed E-state index contributed by atoms with van der Waals surface area (Å²) >= 11 is 0. The fourth-order valence-electron chi connectivity index (χ4n) is 1.19. The summed E-state index contributed by atoms with van der Waals surface area (Å²) in [5.74, 6) is 0.167. The van der Waals surface area contributed by atoms with Gasteiger partial charge in [-0.3, -0.25) is 4.79 Å². The van der Waals surface area contributed by atoms with E-state index >= 15 is 0 Å². The van der Waals surface area contributed by atoms with Crippen LogP contribution in [0, 0.1) is 5.41 Å². The van der Waals surface area contributed by atoms with Gasteiger partial charge >= 0.3 is 0 Å². The van der Waals surface area contributed by atoms with E-state index in [0.717, 1.165) is 6.42 Å². The Labute approximate surface area is 75.3 Å². The summed E-state index contributed by atoms with van der Waals surface area (Å²) in [6, 6.07) is 0. The van der Waals surface area contributed by atoms with E-state index in [9.17, 15) is 4.79 Å². The Balaban J connectivity index is 4.66. The molecule has 0 aliphatic carbocycles. The SMILES string of the molecule is CCC(C)(OC)C(=O)C(C)(C)C. The normalized spacial score (nSPS) is 17.2. The van der Waals surface area contributed by atoms with Gasteiger partial charge in [0.25, 0.3) is 0 Å². The Bertz CT molecular complexity index is 161. The summed E-state index contributed by atoms with van der Waals surface area (Å²) in [5, 5.41) is 0. The number of carbonyl (C=O) groups excluding carboxylic acids is 1. The van der Waals surface area contributed by atoms with Crippen LogP contribution in [0.1, 0.15) is 41.0 Å². The van der Waals surface area contributed by atoms with Crippen LogP contribution in [0.25, 0.3) is 0 Å². The molecule has 0 N–H and O–H groups in total. The number of ether oxygens (including phenoxy) is 1. The highest BCUT2D eigenvalue weighted by molar-refractivity contribution is 5.91. The number of Topliss-reactive ketones (excluding diaryl/α,β-unsaturated/α-hetero) is 1. The van der Waals surface area contributed by atoms with Crippen LogP contribution >= 0.6 is 0 Å². The predicted molar refractivity (Wildman–Crippen MR) is 50.2 cm³/mol. The van der Waals surface area contributed by atoms with E-state index < -0.39 is 5.60 Å². The van der Waals surface area contributed by atoms with Gasteiger partial charge in [0, 0.05) is 12.5 Å². The van der Waals surface area contributed by atoms with E-state index in [-0.39, 0.29) is 11.2 Å². The molecule has 0 aliphatic heterocycles. The highest BCUT2D eigenvalue weighted by Gasteiger charge is 2.38. The molecular weight excluding hydrogens is 152 g/mol. The molecule has 0 aromatic carbocycles. The molecule has 0 aromatic heterocycles. The minimum absolute atomic E-state index is 0.167. The number of methoxy groups -OCH3 is 1. The van der Waals surface area contributed by atoms with Gasteiger partial charge in [-0.2, -0.15) is 0 Å². The van der Waals surface area contributed by atoms with Crippen LogP contribution in [0.15, 0.2) is 0 Å². The Morgan fingerprint density at radius 1 is 1.25 bits per heavy atom. The van der Waals surface area contributed by atoms with E-state index in [1.165, 1.54) is 0 Å². The number of hydrogen-bond donors (Lipinski definition) is 0. The maximum absolute atomic E-state index is 11.8. The van der Waals surface area contributed by atoms with Crippen molar-refractivity contribution in [3.8, 4) is 0 Å². The molecule has 0 saturated carbocycles. The second-order valence-electron chi connectivity index (χ2n) is 4.37. The maximum Gasteiger partial charge on any atom is 0.169 e. The molecule has 0 amide bonds. The topological polar surface area (TPSA) is 26.3 Å². The van der Waals surface area contributed by atoms with Crippen LogP contribution in [0.3, 0.4) is 0 Å². The van der Waals surface area contributed by atoms with Gasteiger partial charge < -0.3 is 4.74 Å². The van der Waals surface area contributed by atoms with E-state index in [0.29, 0.717) is 0 Å². The average molecular weight is 172 g/mol. The third-order valence-corrected chi connectivity index (χ3v) is 2.29. The Kier molecular flexibility index (Phi) is 3.45. The van der Waals surface area contributed by atoms with Gasteiger partial charge in [-0.25, -0.2) is 0 Å². The molecule has 0 aliphatic rings.